The minimum Gasteiger partial charge on any atom is -0.508 e. The second kappa shape index (κ2) is 12.0. The number of hydrogen-bond acceptors (Lipinski definition) is 12. The van der Waals surface area contributed by atoms with Gasteiger partial charge in [0.1, 0.15) is 23.4 Å². The van der Waals surface area contributed by atoms with Crippen molar-refractivity contribution in [2.45, 2.75) is 23.5 Å². The van der Waals surface area contributed by atoms with Gasteiger partial charge in [0.2, 0.25) is 0 Å². The first-order valence-corrected chi connectivity index (χ1v) is 13.1. The Morgan fingerprint density at radius 2 is 1.20 bits per heavy atom. The van der Waals surface area contributed by atoms with Gasteiger partial charge in [-0.2, -0.15) is 0 Å². The van der Waals surface area contributed by atoms with Gasteiger partial charge in [-0.3, -0.25) is 0 Å². The highest BCUT2D eigenvalue weighted by molar-refractivity contribution is 7.98. The molecule has 0 bridgehead atoms. The Morgan fingerprint density at radius 3 is 1.73 bits per heavy atom. The van der Waals surface area contributed by atoms with Crippen LogP contribution in [0.4, 0.5) is 0 Å². The normalized spacial score (nSPS) is 12.5. The summed E-state index contributed by atoms with van der Waals surface area (Å²) in [6, 6.07) is 15.2. The van der Waals surface area contributed by atoms with Gasteiger partial charge in [-0.25, -0.2) is 4.79 Å². The summed E-state index contributed by atoms with van der Waals surface area (Å²) < 4.78 is 5.77. The Kier molecular flexibility index (Phi) is 8.43. The average molecular weight is 583 g/mol. The number of rotatable bonds is 9. The van der Waals surface area contributed by atoms with Crippen LogP contribution in [-0.2, 0) is 16.9 Å². The van der Waals surface area contributed by atoms with E-state index in [2.05, 4.69) is 0 Å². The van der Waals surface area contributed by atoms with Crippen LogP contribution in [-0.4, -0.2) is 58.0 Å². The summed E-state index contributed by atoms with van der Waals surface area (Å²) in [6.45, 7) is 0. The summed E-state index contributed by atoms with van der Waals surface area (Å²) in [5.74, 6) is -6.67. The minimum absolute atomic E-state index is 0.102. The van der Waals surface area contributed by atoms with Gasteiger partial charge in [-0.05, 0) is 35.4 Å². The van der Waals surface area contributed by atoms with Crippen molar-refractivity contribution in [3.05, 3.63) is 89.0 Å². The first-order valence-electron chi connectivity index (χ1n) is 12.0. The predicted octanol–water partition coefficient (Wildman–Crippen LogP) is 4.48. The second-order valence-corrected chi connectivity index (χ2v) is 10.2. The molecular formula is C29H26O11S. The number of carbonyl (C=O) groups is 1. The van der Waals surface area contributed by atoms with Crippen molar-refractivity contribution >= 4 is 17.7 Å². The standard InChI is InChI=1S/C29H26O11S/c30-17-10-19(31)18(20(32)11-17)12-25(40-29(39)16-8-23(35)27(38)24(36)9-16)28(41-13-14-4-2-1-3-5-14)15-6-21(33)26(37)22(34)7-15/h1-11,25,28,30-38H,12-13H2/t25-,28?/m1/s1. The highest BCUT2D eigenvalue weighted by Crippen LogP contribution is 2.46. The Labute approximate surface area is 237 Å². The summed E-state index contributed by atoms with van der Waals surface area (Å²) in [5.41, 5.74) is 0.619. The zero-order chi connectivity index (χ0) is 29.8. The van der Waals surface area contributed by atoms with Crippen molar-refractivity contribution in [3.63, 3.8) is 0 Å². The molecule has 0 fully saturated rings. The summed E-state index contributed by atoms with van der Waals surface area (Å²) in [7, 11) is 0. The van der Waals surface area contributed by atoms with Crippen LogP contribution < -0.4 is 0 Å². The van der Waals surface area contributed by atoms with Crippen molar-refractivity contribution in [1.82, 2.24) is 0 Å². The van der Waals surface area contributed by atoms with Crippen LogP contribution in [0.2, 0.25) is 0 Å². The molecule has 4 aromatic rings. The third-order valence-corrected chi connectivity index (χ3v) is 7.62. The van der Waals surface area contributed by atoms with Gasteiger partial charge in [-0.15, -0.1) is 11.8 Å². The Bertz CT molecular complexity index is 1500. The molecule has 0 aliphatic carbocycles. The van der Waals surface area contributed by atoms with Gasteiger partial charge in [-0.1, -0.05) is 30.3 Å². The predicted molar refractivity (Wildman–Crippen MR) is 148 cm³/mol. The molecule has 0 aliphatic rings. The number of ether oxygens (including phenoxy) is 1. The molecule has 12 heteroatoms. The average Bonchev–Trinajstić information content (AvgIpc) is 2.92. The van der Waals surface area contributed by atoms with E-state index >= 15 is 0 Å². The summed E-state index contributed by atoms with van der Waals surface area (Å²) >= 11 is 1.21. The lowest BCUT2D eigenvalue weighted by Gasteiger charge is -2.28. The first kappa shape index (κ1) is 28.9. The lowest BCUT2D eigenvalue weighted by atomic mass is 9.98. The van der Waals surface area contributed by atoms with Crippen molar-refractivity contribution in [2.24, 2.45) is 0 Å². The number of hydrogen-bond donors (Lipinski definition) is 9. The molecule has 11 nitrogen and oxygen atoms in total. The molecular weight excluding hydrogens is 556 g/mol. The molecule has 0 aliphatic heterocycles. The number of esters is 1. The third kappa shape index (κ3) is 6.56. The van der Waals surface area contributed by atoms with Crippen LogP contribution in [0.1, 0.15) is 32.3 Å². The molecule has 0 heterocycles. The molecule has 0 aromatic heterocycles. The third-order valence-electron chi connectivity index (χ3n) is 6.19. The number of carbonyl (C=O) groups excluding carboxylic acids is 1. The number of benzene rings is 4. The van der Waals surface area contributed by atoms with Crippen LogP contribution in [0.3, 0.4) is 0 Å². The van der Waals surface area contributed by atoms with Crippen molar-refractivity contribution in [2.75, 3.05) is 0 Å². The fourth-order valence-electron chi connectivity index (χ4n) is 4.14. The van der Waals surface area contributed by atoms with E-state index in [1.54, 1.807) is 0 Å². The largest absolute Gasteiger partial charge is 0.508 e. The fourth-order valence-corrected chi connectivity index (χ4v) is 5.40. The highest BCUT2D eigenvalue weighted by Gasteiger charge is 2.32. The molecule has 2 atom stereocenters. The van der Waals surface area contributed by atoms with Gasteiger partial charge < -0.3 is 50.7 Å². The molecule has 214 valence electrons. The van der Waals surface area contributed by atoms with Gasteiger partial charge >= 0.3 is 5.97 Å². The van der Waals surface area contributed by atoms with Crippen molar-refractivity contribution < 1.29 is 55.5 Å². The molecule has 0 amide bonds. The first-order chi connectivity index (χ1) is 19.4. The minimum atomic E-state index is -1.28. The molecule has 4 aromatic carbocycles. The van der Waals surface area contributed by atoms with E-state index in [0.29, 0.717) is 5.75 Å². The van der Waals surface area contributed by atoms with Gasteiger partial charge in [0.05, 0.1) is 10.8 Å². The number of phenolic OH excluding ortho intramolecular Hbond substituents is 9. The summed E-state index contributed by atoms with van der Waals surface area (Å²) in [5, 5.41) is 89.6. The SMILES string of the molecule is O=C(O[C@H](Cc1c(O)cc(O)cc1O)C(SCc1ccccc1)c1cc(O)c(O)c(O)c1)c1cc(O)c(O)c(O)c1. The van der Waals surface area contributed by atoms with E-state index in [0.717, 1.165) is 42.0 Å². The summed E-state index contributed by atoms with van der Waals surface area (Å²) in [6.07, 6.45) is -1.63. The molecule has 0 saturated carbocycles. The molecule has 9 N–H and O–H groups in total. The second-order valence-electron chi connectivity index (χ2n) is 9.10. The zero-order valence-electron chi connectivity index (χ0n) is 21.2. The molecule has 0 spiro atoms. The van der Waals surface area contributed by atoms with E-state index in [1.807, 2.05) is 30.3 Å². The Balaban J connectivity index is 1.81. The van der Waals surface area contributed by atoms with Crippen LogP contribution in [0, 0.1) is 0 Å². The number of phenols is 9. The maximum absolute atomic E-state index is 13.2. The lowest BCUT2D eigenvalue weighted by Crippen LogP contribution is -2.27. The van der Waals surface area contributed by atoms with Crippen molar-refractivity contribution in [3.8, 4) is 51.7 Å². The smallest absolute Gasteiger partial charge is 0.338 e. The van der Waals surface area contributed by atoms with E-state index in [4.69, 9.17) is 4.74 Å². The highest BCUT2D eigenvalue weighted by atomic mass is 32.2. The van der Waals surface area contributed by atoms with Crippen LogP contribution in [0.25, 0.3) is 0 Å². The molecule has 0 saturated heterocycles. The van der Waals surface area contributed by atoms with Gasteiger partial charge in [0.15, 0.2) is 34.5 Å². The topological polar surface area (TPSA) is 208 Å². The Hall–Kier alpha value is -5.10. The lowest BCUT2D eigenvalue weighted by molar-refractivity contribution is 0.0292. The van der Waals surface area contributed by atoms with Crippen LogP contribution in [0.5, 0.6) is 51.7 Å². The van der Waals surface area contributed by atoms with E-state index in [-0.39, 0.29) is 23.1 Å². The van der Waals surface area contributed by atoms with Crippen LogP contribution in [0.15, 0.2) is 66.7 Å². The number of thioether (sulfide) groups is 1. The molecule has 4 rings (SSSR count). The van der Waals surface area contributed by atoms with Crippen molar-refractivity contribution in [1.29, 1.82) is 0 Å². The van der Waals surface area contributed by atoms with Gasteiger partial charge in [0, 0.05) is 29.9 Å². The molecule has 1 unspecified atom stereocenters. The van der Waals surface area contributed by atoms with Gasteiger partial charge in [0.25, 0.3) is 0 Å². The maximum Gasteiger partial charge on any atom is 0.338 e. The monoisotopic (exact) mass is 582 g/mol. The van der Waals surface area contributed by atoms with E-state index in [1.165, 1.54) is 11.8 Å². The molecule has 0 radical (unpaired) electrons. The van der Waals surface area contributed by atoms with E-state index in [9.17, 15) is 50.8 Å². The maximum atomic E-state index is 13.2. The zero-order valence-corrected chi connectivity index (χ0v) is 22.0. The summed E-state index contributed by atoms with van der Waals surface area (Å²) in [4.78, 5) is 13.2. The van der Waals surface area contributed by atoms with E-state index < -0.39 is 69.1 Å². The molecule has 41 heavy (non-hydrogen) atoms. The van der Waals surface area contributed by atoms with Crippen LogP contribution >= 0.6 is 11.8 Å². The fraction of sp³-hybridized carbons (Fsp3) is 0.138. The number of aromatic hydroxyl groups is 9. The Morgan fingerprint density at radius 1 is 0.683 bits per heavy atom. The quantitative estimate of drug-likeness (QED) is 0.0988.